The minimum absolute atomic E-state index is 0.351. The van der Waals surface area contributed by atoms with Crippen molar-refractivity contribution in [1.29, 1.82) is 0 Å². The number of hydrogen-bond acceptors (Lipinski definition) is 4. The summed E-state index contributed by atoms with van der Waals surface area (Å²) in [5, 5.41) is 0. The zero-order valence-electron chi connectivity index (χ0n) is 12.3. The van der Waals surface area contributed by atoms with Gasteiger partial charge in [-0.05, 0) is 26.0 Å². The number of nitrogens with zero attached hydrogens (tertiary/aromatic N) is 1. The summed E-state index contributed by atoms with van der Waals surface area (Å²) in [6.45, 7) is 6.99. The van der Waals surface area contributed by atoms with Crippen LogP contribution in [0.25, 0.3) is 0 Å². The smallest absolute Gasteiger partial charge is 0.127 e. The molecule has 2 N–H and O–H groups in total. The Morgan fingerprint density at radius 3 is 2.63 bits per heavy atom. The maximum atomic E-state index is 5.83. The molecule has 2 rings (SSSR count). The second-order valence-corrected chi connectivity index (χ2v) is 4.92. The molecule has 0 saturated carbocycles. The number of methoxy groups -OCH3 is 2. The SMILES string of the molecule is CCN1CCc2c(OC)c(CN)cc(OC)c2C1C. The van der Waals surface area contributed by atoms with E-state index in [0.717, 1.165) is 36.6 Å². The van der Waals surface area contributed by atoms with Crippen LogP contribution in [-0.4, -0.2) is 32.2 Å². The Kier molecular flexibility index (Phi) is 4.32. The average molecular weight is 264 g/mol. The number of hydrogen-bond donors (Lipinski definition) is 1. The van der Waals surface area contributed by atoms with E-state index in [9.17, 15) is 0 Å². The molecule has 1 aliphatic rings. The molecule has 0 radical (unpaired) electrons. The van der Waals surface area contributed by atoms with Crippen LogP contribution in [0.3, 0.4) is 0 Å². The third-order valence-electron chi connectivity index (χ3n) is 4.13. The number of fused-ring (bicyclic) bond motifs is 1. The molecule has 4 nitrogen and oxygen atoms in total. The normalized spacial score (nSPS) is 19.1. The van der Waals surface area contributed by atoms with E-state index in [-0.39, 0.29) is 0 Å². The van der Waals surface area contributed by atoms with E-state index in [4.69, 9.17) is 15.2 Å². The molecule has 0 amide bonds. The van der Waals surface area contributed by atoms with Crippen molar-refractivity contribution in [2.24, 2.45) is 5.73 Å². The van der Waals surface area contributed by atoms with Gasteiger partial charge < -0.3 is 15.2 Å². The molecule has 0 aromatic heterocycles. The molecule has 19 heavy (non-hydrogen) atoms. The van der Waals surface area contributed by atoms with Crippen LogP contribution < -0.4 is 15.2 Å². The molecule has 1 heterocycles. The predicted molar refractivity (Wildman–Crippen MR) is 76.8 cm³/mol. The first-order valence-electron chi connectivity index (χ1n) is 6.88. The molecule has 0 spiro atoms. The number of benzene rings is 1. The summed E-state index contributed by atoms with van der Waals surface area (Å²) in [5.74, 6) is 1.88. The Balaban J connectivity index is 2.61. The quantitative estimate of drug-likeness (QED) is 0.904. The van der Waals surface area contributed by atoms with Gasteiger partial charge in [-0.1, -0.05) is 6.92 Å². The van der Waals surface area contributed by atoms with Crippen LogP contribution in [0.4, 0.5) is 0 Å². The second-order valence-electron chi connectivity index (χ2n) is 4.92. The Morgan fingerprint density at radius 2 is 2.11 bits per heavy atom. The van der Waals surface area contributed by atoms with E-state index >= 15 is 0 Å². The van der Waals surface area contributed by atoms with Gasteiger partial charge in [-0.2, -0.15) is 0 Å². The molecular weight excluding hydrogens is 240 g/mol. The van der Waals surface area contributed by atoms with Crippen molar-refractivity contribution >= 4 is 0 Å². The molecule has 0 bridgehead atoms. The van der Waals surface area contributed by atoms with Gasteiger partial charge >= 0.3 is 0 Å². The first-order valence-corrected chi connectivity index (χ1v) is 6.88. The Labute approximate surface area is 115 Å². The van der Waals surface area contributed by atoms with Gasteiger partial charge in [0.15, 0.2) is 0 Å². The van der Waals surface area contributed by atoms with E-state index in [0.29, 0.717) is 12.6 Å². The molecule has 1 atom stereocenters. The highest BCUT2D eigenvalue weighted by molar-refractivity contribution is 5.56. The standard InChI is InChI=1S/C15H24N2O2/c1-5-17-7-6-12-14(10(17)2)13(18-3)8-11(9-16)15(12)19-4/h8,10H,5-7,9,16H2,1-4H3. The number of likely N-dealkylation sites (N-methyl/N-ethyl adjacent to an activating group) is 1. The lowest BCUT2D eigenvalue weighted by atomic mass is 9.89. The Hall–Kier alpha value is -1.26. The summed E-state index contributed by atoms with van der Waals surface area (Å²) in [6, 6.07) is 2.37. The summed E-state index contributed by atoms with van der Waals surface area (Å²) in [4.78, 5) is 2.45. The average Bonchev–Trinajstić information content (AvgIpc) is 2.45. The van der Waals surface area contributed by atoms with Crippen molar-refractivity contribution in [3.05, 3.63) is 22.8 Å². The van der Waals surface area contributed by atoms with E-state index in [1.165, 1.54) is 11.1 Å². The van der Waals surface area contributed by atoms with Gasteiger partial charge in [-0.15, -0.1) is 0 Å². The zero-order chi connectivity index (χ0) is 14.0. The highest BCUT2D eigenvalue weighted by atomic mass is 16.5. The van der Waals surface area contributed by atoms with Crippen LogP contribution in [0.1, 0.15) is 36.6 Å². The highest BCUT2D eigenvalue weighted by Gasteiger charge is 2.29. The predicted octanol–water partition coefficient (Wildman–Crippen LogP) is 2.10. The fraction of sp³-hybridized carbons (Fsp3) is 0.600. The molecule has 1 aliphatic heterocycles. The van der Waals surface area contributed by atoms with Crippen molar-refractivity contribution in [1.82, 2.24) is 4.90 Å². The molecular formula is C15H24N2O2. The van der Waals surface area contributed by atoms with Crippen molar-refractivity contribution in [2.75, 3.05) is 27.3 Å². The number of ether oxygens (including phenoxy) is 2. The lowest BCUT2D eigenvalue weighted by molar-refractivity contribution is 0.202. The van der Waals surface area contributed by atoms with Crippen LogP contribution in [0.5, 0.6) is 11.5 Å². The van der Waals surface area contributed by atoms with Crippen LogP contribution in [0, 0.1) is 0 Å². The second kappa shape index (κ2) is 5.80. The first kappa shape index (κ1) is 14.2. The van der Waals surface area contributed by atoms with Crippen molar-refractivity contribution in [3.63, 3.8) is 0 Å². The lowest BCUT2D eigenvalue weighted by Gasteiger charge is -2.36. The topological polar surface area (TPSA) is 47.7 Å². The molecule has 0 saturated heterocycles. The summed E-state index contributed by atoms with van der Waals surface area (Å²) in [7, 11) is 3.44. The van der Waals surface area contributed by atoms with E-state index < -0.39 is 0 Å². The van der Waals surface area contributed by atoms with Gasteiger partial charge in [0.1, 0.15) is 11.5 Å². The van der Waals surface area contributed by atoms with Gasteiger partial charge in [-0.3, -0.25) is 4.90 Å². The maximum absolute atomic E-state index is 5.83. The van der Waals surface area contributed by atoms with Gasteiger partial charge in [0.25, 0.3) is 0 Å². The van der Waals surface area contributed by atoms with Gasteiger partial charge in [0.05, 0.1) is 14.2 Å². The van der Waals surface area contributed by atoms with E-state index in [2.05, 4.69) is 18.7 Å². The fourth-order valence-electron chi connectivity index (χ4n) is 3.11. The lowest BCUT2D eigenvalue weighted by Crippen LogP contribution is -2.34. The largest absolute Gasteiger partial charge is 0.496 e. The maximum Gasteiger partial charge on any atom is 0.127 e. The Morgan fingerprint density at radius 1 is 1.37 bits per heavy atom. The molecule has 1 aromatic carbocycles. The molecule has 1 aromatic rings. The molecule has 4 heteroatoms. The minimum atomic E-state index is 0.351. The van der Waals surface area contributed by atoms with Gasteiger partial charge in [-0.25, -0.2) is 0 Å². The van der Waals surface area contributed by atoms with Crippen molar-refractivity contribution in [2.45, 2.75) is 32.9 Å². The third kappa shape index (κ3) is 2.30. The number of rotatable bonds is 4. The zero-order valence-corrected chi connectivity index (χ0v) is 12.3. The monoisotopic (exact) mass is 264 g/mol. The van der Waals surface area contributed by atoms with Gasteiger partial charge in [0, 0.05) is 35.8 Å². The van der Waals surface area contributed by atoms with E-state index in [1.54, 1.807) is 14.2 Å². The van der Waals surface area contributed by atoms with E-state index in [1.807, 2.05) is 6.07 Å². The van der Waals surface area contributed by atoms with Crippen LogP contribution in [0.15, 0.2) is 6.07 Å². The summed E-state index contributed by atoms with van der Waals surface area (Å²) >= 11 is 0. The van der Waals surface area contributed by atoms with Crippen LogP contribution in [-0.2, 0) is 13.0 Å². The molecule has 0 fully saturated rings. The molecule has 0 aliphatic carbocycles. The Bertz CT molecular complexity index is 460. The van der Waals surface area contributed by atoms with Crippen LogP contribution >= 0.6 is 0 Å². The minimum Gasteiger partial charge on any atom is -0.496 e. The molecule has 1 unspecified atom stereocenters. The highest BCUT2D eigenvalue weighted by Crippen LogP contribution is 2.42. The summed E-state index contributed by atoms with van der Waals surface area (Å²) < 4.78 is 11.2. The summed E-state index contributed by atoms with van der Waals surface area (Å²) in [5.41, 5.74) is 9.37. The fourth-order valence-corrected chi connectivity index (χ4v) is 3.11. The van der Waals surface area contributed by atoms with Crippen molar-refractivity contribution in [3.8, 4) is 11.5 Å². The number of nitrogens with two attached hydrogens (primary N) is 1. The molecule has 106 valence electrons. The third-order valence-corrected chi connectivity index (χ3v) is 4.13. The summed E-state index contributed by atoms with van der Waals surface area (Å²) in [6.07, 6.45) is 0.987. The first-order chi connectivity index (χ1) is 9.17. The van der Waals surface area contributed by atoms with Gasteiger partial charge in [0.2, 0.25) is 0 Å². The van der Waals surface area contributed by atoms with Crippen LogP contribution in [0.2, 0.25) is 0 Å². The van der Waals surface area contributed by atoms with Crippen molar-refractivity contribution < 1.29 is 9.47 Å².